The molecule has 0 atom stereocenters. The van der Waals surface area contributed by atoms with Crippen LogP contribution in [0.5, 0.6) is 5.88 Å². The number of nitrogen functional groups attached to an aromatic ring is 1. The van der Waals surface area contributed by atoms with Gasteiger partial charge in [0.25, 0.3) is 0 Å². The van der Waals surface area contributed by atoms with Gasteiger partial charge in [0.15, 0.2) is 5.82 Å². The number of pyridine rings is 1. The summed E-state index contributed by atoms with van der Waals surface area (Å²) >= 11 is 5.53. The normalized spacial score (nSPS) is 9.25. The van der Waals surface area contributed by atoms with Gasteiger partial charge in [-0.25, -0.2) is 4.39 Å². The number of nitrogens with two attached hydrogens (primary N) is 1. The van der Waals surface area contributed by atoms with E-state index in [0.29, 0.717) is 5.56 Å². The average molecular weight is 321 g/mol. The first-order valence-corrected chi connectivity index (χ1v) is 6.27. The van der Waals surface area contributed by atoms with Crippen LogP contribution < -0.4 is 62.2 Å². The van der Waals surface area contributed by atoms with Crippen LogP contribution in [0.25, 0.3) is 11.3 Å². The molecule has 2 aromatic rings. The van der Waals surface area contributed by atoms with Crippen molar-refractivity contribution < 1.29 is 60.9 Å². The van der Waals surface area contributed by atoms with Crippen LogP contribution in [0.2, 0.25) is 5.02 Å². The molecule has 1 heterocycles. The number of anilines is 1. The molecular formula is C14H15ClFKN2O. The summed E-state index contributed by atoms with van der Waals surface area (Å²) in [5, 5.41) is 11.0. The third-order valence-electron chi connectivity index (χ3n) is 2.41. The monoisotopic (exact) mass is 320 g/mol. The predicted molar refractivity (Wildman–Crippen MR) is 74.6 cm³/mol. The summed E-state index contributed by atoms with van der Waals surface area (Å²) in [5.41, 5.74) is 6.49. The summed E-state index contributed by atoms with van der Waals surface area (Å²) < 4.78 is 13.8. The molecule has 0 aliphatic carbocycles. The standard InChI is InChI=1S/C12H10ClFN2O.C2H6.K/c1-6-2-4-7(5-3-6)11-9(14)10(15)8(13)12(17)16-11;1-2;/h2-5H,1H3,(H3,15,16,17);1-2H3;/q;;+1/p-1. The largest absolute Gasteiger partial charge is 1.00 e. The van der Waals surface area contributed by atoms with Gasteiger partial charge in [-0.15, -0.1) is 0 Å². The first kappa shape index (κ1) is 19.8. The van der Waals surface area contributed by atoms with Gasteiger partial charge < -0.3 is 10.8 Å². The SMILES string of the molecule is CC.Cc1ccc(-c2nc([O-])c(Cl)c(N)c2F)cc1.[K+]. The number of aromatic nitrogens is 1. The summed E-state index contributed by atoms with van der Waals surface area (Å²) in [6.45, 7) is 5.91. The molecule has 0 saturated carbocycles. The van der Waals surface area contributed by atoms with Crippen LogP contribution in [0.4, 0.5) is 10.1 Å². The molecule has 20 heavy (non-hydrogen) atoms. The van der Waals surface area contributed by atoms with Crippen LogP contribution in [0, 0.1) is 12.7 Å². The van der Waals surface area contributed by atoms with Crippen molar-refractivity contribution in [3.05, 3.63) is 40.7 Å². The molecule has 1 aromatic carbocycles. The van der Waals surface area contributed by atoms with Crippen LogP contribution in [0.3, 0.4) is 0 Å². The second-order valence-corrected chi connectivity index (χ2v) is 4.05. The van der Waals surface area contributed by atoms with Crippen LogP contribution in [-0.2, 0) is 0 Å². The number of nitrogens with zero attached hydrogens (tertiary/aromatic N) is 1. The fraction of sp³-hybridized carbons (Fsp3) is 0.214. The Morgan fingerprint density at radius 1 is 1.20 bits per heavy atom. The van der Waals surface area contributed by atoms with Crippen LogP contribution in [-0.4, -0.2) is 4.98 Å². The van der Waals surface area contributed by atoms with Crippen molar-refractivity contribution in [3.63, 3.8) is 0 Å². The maximum absolute atomic E-state index is 13.8. The summed E-state index contributed by atoms with van der Waals surface area (Å²) in [6, 6.07) is 6.94. The number of hydrogen-bond acceptors (Lipinski definition) is 3. The van der Waals surface area contributed by atoms with Crippen molar-refractivity contribution in [2.45, 2.75) is 20.8 Å². The Morgan fingerprint density at radius 3 is 2.20 bits per heavy atom. The Bertz CT molecular complexity index is 576. The van der Waals surface area contributed by atoms with E-state index in [9.17, 15) is 9.50 Å². The van der Waals surface area contributed by atoms with E-state index in [0.717, 1.165) is 5.56 Å². The molecule has 0 fully saturated rings. The van der Waals surface area contributed by atoms with Gasteiger partial charge >= 0.3 is 51.4 Å². The smallest absolute Gasteiger partial charge is 0.858 e. The predicted octanol–water partition coefficient (Wildman–Crippen LogP) is 0.536. The Morgan fingerprint density at radius 2 is 1.70 bits per heavy atom. The second kappa shape index (κ2) is 8.97. The van der Waals surface area contributed by atoms with E-state index in [1.54, 1.807) is 24.3 Å². The molecule has 0 saturated heterocycles. The van der Waals surface area contributed by atoms with Crippen molar-refractivity contribution in [3.8, 4) is 17.1 Å². The van der Waals surface area contributed by atoms with Gasteiger partial charge in [-0.1, -0.05) is 55.3 Å². The molecule has 3 nitrogen and oxygen atoms in total. The quantitative estimate of drug-likeness (QED) is 0.780. The zero-order chi connectivity index (χ0) is 14.6. The van der Waals surface area contributed by atoms with Crippen molar-refractivity contribution in [2.75, 3.05) is 5.73 Å². The number of aryl methyl sites for hydroxylation is 1. The molecule has 1 aromatic heterocycles. The minimum Gasteiger partial charge on any atom is -0.858 e. The van der Waals surface area contributed by atoms with E-state index in [2.05, 4.69) is 4.98 Å². The van der Waals surface area contributed by atoms with Gasteiger partial charge in [-0.05, 0) is 6.92 Å². The van der Waals surface area contributed by atoms with Crippen LogP contribution in [0.1, 0.15) is 19.4 Å². The topological polar surface area (TPSA) is 62.0 Å². The summed E-state index contributed by atoms with van der Waals surface area (Å²) in [7, 11) is 0. The van der Waals surface area contributed by atoms with E-state index >= 15 is 0 Å². The summed E-state index contributed by atoms with van der Waals surface area (Å²) in [4.78, 5) is 3.59. The van der Waals surface area contributed by atoms with Gasteiger partial charge in [0, 0.05) is 11.4 Å². The van der Waals surface area contributed by atoms with Crippen molar-refractivity contribution in [1.29, 1.82) is 0 Å². The van der Waals surface area contributed by atoms with Crippen LogP contribution >= 0.6 is 11.6 Å². The molecule has 0 radical (unpaired) electrons. The third-order valence-corrected chi connectivity index (χ3v) is 2.77. The molecule has 6 heteroatoms. The second-order valence-electron chi connectivity index (χ2n) is 3.67. The number of halogens is 2. The van der Waals surface area contributed by atoms with E-state index in [-0.39, 0.29) is 67.8 Å². The fourth-order valence-electron chi connectivity index (χ4n) is 1.44. The Labute approximate surface area is 165 Å². The minimum absolute atomic E-state index is 0. The Kier molecular flexibility index (Phi) is 8.89. The first-order valence-electron chi connectivity index (χ1n) is 5.89. The maximum atomic E-state index is 13.8. The minimum atomic E-state index is -0.765. The molecule has 0 aliphatic rings. The van der Waals surface area contributed by atoms with Gasteiger partial charge in [0.1, 0.15) is 5.69 Å². The maximum Gasteiger partial charge on any atom is 1.00 e. The van der Waals surface area contributed by atoms with Gasteiger partial charge in [0.05, 0.1) is 10.7 Å². The van der Waals surface area contributed by atoms with E-state index in [1.165, 1.54) is 0 Å². The summed E-state index contributed by atoms with van der Waals surface area (Å²) in [6.07, 6.45) is 0. The van der Waals surface area contributed by atoms with Gasteiger partial charge in [-0.2, -0.15) is 0 Å². The van der Waals surface area contributed by atoms with E-state index in [4.69, 9.17) is 17.3 Å². The summed E-state index contributed by atoms with van der Waals surface area (Å²) in [5.74, 6) is -1.49. The first-order chi connectivity index (χ1) is 9.00. The van der Waals surface area contributed by atoms with Crippen molar-refractivity contribution >= 4 is 17.3 Å². The van der Waals surface area contributed by atoms with E-state index in [1.807, 2.05) is 20.8 Å². The molecule has 0 unspecified atom stereocenters. The molecule has 0 bridgehead atoms. The molecule has 0 spiro atoms. The van der Waals surface area contributed by atoms with Crippen LogP contribution in [0.15, 0.2) is 24.3 Å². The van der Waals surface area contributed by atoms with Crippen molar-refractivity contribution in [2.24, 2.45) is 0 Å². The zero-order valence-corrected chi connectivity index (χ0v) is 15.9. The Balaban J connectivity index is 0.00000115. The molecule has 0 amide bonds. The molecular weight excluding hydrogens is 306 g/mol. The number of rotatable bonds is 1. The Hall–Kier alpha value is -0.174. The zero-order valence-electron chi connectivity index (χ0n) is 12.0. The van der Waals surface area contributed by atoms with Crippen molar-refractivity contribution in [1.82, 2.24) is 4.98 Å². The fourth-order valence-corrected chi connectivity index (χ4v) is 1.57. The van der Waals surface area contributed by atoms with Gasteiger partial charge in [-0.3, -0.25) is 4.98 Å². The molecule has 2 N–H and O–H groups in total. The molecule has 102 valence electrons. The number of hydrogen-bond donors (Lipinski definition) is 1. The average Bonchev–Trinajstić information content (AvgIpc) is 2.44. The molecule has 2 rings (SSSR count). The molecule has 0 aliphatic heterocycles. The number of benzene rings is 1. The van der Waals surface area contributed by atoms with Gasteiger partial charge in [0.2, 0.25) is 0 Å². The van der Waals surface area contributed by atoms with E-state index < -0.39 is 11.7 Å². The third kappa shape index (κ3) is 4.41.